The first-order valence-corrected chi connectivity index (χ1v) is 4.08. The van der Waals surface area contributed by atoms with Crippen LogP contribution in [0.4, 0.5) is 0 Å². The Morgan fingerprint density at radius 3 is 2.55 bits per heavy atom. The maximum atomic E-state index is 10.8. The lowest BCUT2D eigenvalue weighted by Gasteiger charge is -2.14. The van der Waals surface area contributed by atoms with Crippen LogP contribution in [0, 0.1) is 0 Å². The van der Waals surface area contributed by atoms with Crippen molar-refractivity contribution in [1.82, 2.24) is 5.32 Å². The minimum absolute atomic E-state index is 0.0347. The van der Waals surface area contributed by atoms with Gasteiger partial charge in [0, 0.05) is 13.0 Å². The summed E-state index contributed by atoms with van der Waals surface area (Å²) in [6, 6.07) is 0. The Morgan fingerprint density at radius 2 is 2.18 bits per heavy atom. The highest BCUT2D eigenvalue weighted by Gasteiger charge is 2.08. The van der Waals surface area contributed by atoms with Crippen LogP contribution < -0.4 is 5.32 Å². The molecule has 0 aliphatic rings. The van der Waals surface area contributed by atoms with E-state index in [-0.39, 0.29) is 12.1 Å². The van der Waals surface area contributed by atoms with E-state index in [1.54, 1.807) is 6.92 Å². The summed E-state index contributed by atoms with van der Waals surface area (Å²) < 4.78 is 5.09. The van der Waals surface area contributed by atoms with Gasteiger partial charge in [0.25, 0.3) is 0 Å². The van der Waals surface area contributed by atoms with Gasteiger partial charge in [0.15, 0.2) is 0 Å². The molecule has 0 radical (unpaired) electrons. The monoisotopic (exact) mass is 159 g/mol. The lowest BCUT2D eigenvalue weighted by atomic mass is 10.3. The lowest BCUT2D eigenvalue weighted by Crippen LogP contribution is -2.28. The third-order valence-corrected chi connectivity index (χ3v) is 1.47. The Balaban J connectivity index is 3.58. The van der Waals surface area contributed by atoms with Gasteiger partial charge in [0.2, 0.25) is 0 Å². The number of carbonyl (C=O) groups is 1. The third-order valence-electron chi connectivity index (χ3n) is 1.47. The van der Waals surface area contributed by atoms with Crippen molar-refractivity contribution in [3.8, 4) is 0 Å². The van der Waals surface area contributed by atoms with Gasteiger partial charge >= 0.3 is 5.97 Å². The molecule has 0 aromatic heterocycles. The van der Waals surface area contributed by atoms with Crippen molar-refractivity contribution in [1.29, 1.82) is 0 Å². The number of rotatable bonds is 5. The molecule has 1 atom stereocenters. The second-order valence-electron chi connectivity index (χ2n) is 2.43. The molecule has 0 amide bonds. The molecule has 66 valence electrons. The van der Waals surface area contributed by atoms with Gasteiger partial charge in [0.1, 0.15) is 6.10 Å². The Morgan fingerprint density at radius 1 is 1.55 bits per heavy atom. The van der Waals surface area contributed by atoms with Crippen molar-refractivity contribution in [3.63, 3.8) is 0 Å². The van der Waals surface area contributed by atoms with Crippen LogP contribution in [0.2, 0.25) is 0 Å². The molecule has 0 spiro atoms. The van der Waals surface area contributed by atoms with E-state index in [0.29, 0.717) is 6.42 Å². The quantitative estimate of drug-likeness (QED) is 0.607. The van der Waals surface area contributed by atoms with E-state index < -0.39 is 0 Å². The Hall–Kier alpha value is -0.570. The van der Waals surface area contributed by atoms with Crippen molar-refractivity contribution < 1.29 is 9.53 Å². The minimum atomic E-state index is -0.118. The van der Waals surface area contributed by atoms with Gasteiger partial charge in [-0.1, -0.05) is 13.8 Å². The normalized spacial score (nSPS) is 12.6. The number of likely N-dealkylation sites (N-methyl/N-ethyl adjacent to an activating group) is 1. The zero-order valence-corrected chi connectivity index (χ0v) is 7.52. The molecule has 0 saturated heterocycles. The maximum Gasteiger partial charge on any atom is 0.305 e. The Kier molecular flexibility index (Phi) is 5.84. The number of hydrogen-bond acceptors (Lipinski definition) is 3. The summed E-state index contributed by atoms with van der Waals surface area (Å²) in [6.45, 7) is 4.54. The first kappa shape index (κ1) is 10.4. The van der Waals surface area contributed by atoms with E-state index in [1.807, 2.05) is 14.0 Å². The van der Waals surface area contributed by atoms with E-state index in [0.717, 1.165) is 13.0 Å². The average molecular weight is 159 g/mol. The fourth-order valence-electron chi connectivity index (χ4n) is 0.766. The van der Waals surface area contributed by atoms with Gasteiger partial charge in [-0.25, -0.2) is 0 Å². The minimum Gasteiger partial charge on any atom is -0.461 e. The predicted molar refractivity (Wildman–Crippen MR) is 44.4 cm³/mol. The summed E-state index contributed by atoms with van der Waals surface area (Å²) in [7, 11) is 1.85. The van der Waals surface area contributed by atoms with Crippen LogP contribution in [0.1, 0.15) is 26.7 Å². The standard InChI is InChI=1S/C8H17NO2/c1-4-7(6-9-3)11-8(10)5-2/h7,9H,4-6H2,1-3H3. The van der Waals surface area contributed by atoms with Crippen LogP contribution >= 0.6 is 0 Å². The van der Waals surface area contributed by atoms with Gasteiger partial charge in [-0.3, -0.25) is 4.79 Å². The van der Waals surface area contributed by atoms with Gasteiger partial charge in [0.05, 0.1) is 0 Å². The number of hydrogen-bond donors (Lipinski definition) is 1. The van der Waals surface area contributed by atoms with Crippen LogP contribution in [-0.2, 0) is 9.53 Å². The molecule has 3 nitrogen and oxygen atoms in total. The van der Waals surface area contributed by atoms with Crippen LogP contribution in [0.3, 0.4) is 0 Å². The molecule has 0 aliphatic heterocycles. The molecule has 0 bridgehead atoms. The largest absolute Gasteiger partial charge is 0.461 e. The van der Waals surface area contributed by atoms with Gasteiger partial charge in [-0.2, -0.15) is 0 Å². The average Bonchev–Trinajstić information content (AvgIpc) is 2.03. The molecule has 0 rings (SSSR count). The van der Waals surface area contributed by atoms with E-state index in [2.05, 4.69) is 5.32 Å². The SMILES string of the molecule is CCC(=O)OC(CC)CNC. The molecule has 0 aliphatic carbocycles. The molecule has 0 aromatic carbocycles. The van der Waals surface area contributed by atoms with Crippen LogP contribution in [-0.4, -0.2) is 25.7 Å². The Bertz CT molecular complexity index is 115. The second kappa shape index (κ2) is 6.16. The van der Waals surface area contributed by atoms with Crippen molar-refractivity contribution in [3.05, 3.63) is 0 Å². The maximum absolute atomic E-state index is 10.8. The van der Waals surface area contributed by atoms with E-state index in [4.69, 9.17) is 4.74 Å². The lowest BCUT2D eigenvalue weighted by molar-refractivity contribution is -0.148. The molecule has 11 heavy (non-hydrogen) atoms. The number of nitrogens with one attached hydrogen (secondary N) is 1. The summed E-state index contributed by atoms with van der Waals surface area (Å²) in [4.78, 5) is 10.8. The van der Waals surface area contributed by atoms with E-state index in [1.165, 1.54) is 0 Å². The number of esters is 1. The molecule has 1 N–H and O–H groups in total. The van der Waals surface area contributed by atoms with Crippen molar-refractivity contribution in [2.75, 3.05) is 13.6 Å². The first-order valence-electron chi connectivity index (χ1n) is 4.08. The molecular formula is C8H17NO2. The summed E-state index contributed by atoms with van der Waals surface area (Å²) in [5.41, 5.74) is 0. The van der Waals surface area contributed by atoms with Gasteiger partial charge in [-0.15, -0.1) is 0 Å². The van der Waals surface area contributed by atoms with E-state index >= 15 is 0 Å². The molecule has 1 unspecified atom stereocenters. The van der Waals surface area contributed by atoms with Crippen molar-refractivity contribution in [2.45, 2.75) is 32.8 Å². The van der Waals surface area contributed by atoms with Crippen LogP contribution in [0.15, 0.2) is 0 Å². The van der Waals surface area contributed by atoms with Crippen LogP contribution in [0.25, 0.3) is 0 Å². The molecule has 3 heteroatoms. The van der Waals surface area contributed by atoms with Gasteiger partial charge < -0.3 is 10.1 Å². The zero-order chi connectivity index (χ0) is 8.69. The predicted octanol–water partition coefficient (Wildman–Crippen LogP) is 0.938. The van der Waals surface area contributed by atoms with Crippen molar-refractivity contribution >= 4 is 5.97 Å². The highest BCUT2D eigenvalue weighted by atomic mass is 16.5. The highest BCUT2D eigenvalue weighted by molar-refractivity contribution is 5.69. The molecular weight excluding hydrogens is 142 g/mol. The summed E-state index contributed by atoms with van der Waals surface area (Å²) in [5.74, 6) is -0.118. The Labute approximate surface area is 68.1 Å². The highest BCUT2D eigenvalue weighted by Crippen LogP contribution is 1.98. The number of carbonyl (C=O) groups excluding carboxylic acids is 1. The summed E-state index contributed by atoms with van der Waals surface area (Å²) in [5, 5.41) is 2.97. The fourth-order valence-corrected chi connectivity index (χ4v) is 0.766. The molecule has 0 fully saturated rings. The topological polar surface area (TPSA) is 38.3 Å². The second-order valence-corrected chi connectivity index (χ2v) is 2.43. The summed E-state index contributed by atoms with van der Waals surface area (Å²) >= 11 is 0. The van der Waals surface area contributed by atoms with Crippen LogP contribution in [0.5, 0.6) is 0 Å². The fraction of sp³-hybridized carbons (Fsp3) is 0.875. The smallest absolute Gasteiger partial charge is 0.305 e. The third kappa shape index (κ3) is 4.79. The van der Waals surface area contributed by atoms with E-state index in [9.17, 15) is 4.79 Å². The zero-order valence-electron chi connectivity index (χ0n) is 7.52. The molecule has 0 aromatic rings. The van der Waals surface area contributed by atoms with Crippen molar-refractivity contribution in [2.24, 2.45) is 0 Å². The molecule has 0 heterocycles. The molecule has 0 saturated carbocycles. The van der Waals surface area contributed by atoms with Gasteiger partial charge in [-0.05, 0) is 13.5 Å². The summed E-state index contributed by atoms with van der Waals surface area (Å²) in [6.07, 6.45) is 1.36. The number of ether oxygens (including phenoxy) is 1. The first-order chi connectivity index (χ1) is 5.24.